The van der Waals surface area contributed by atoms with Crippen LogP contribution >= 0.6 is 11.6 Å². The van der Waals surface area contributed by atoms with Crippen LogP contribution in [0, 0.1) is 0 Å². The summed E-state index contributed by atoms with van der Waals surface area (Å²) in [4.78, 5) is 23.4. The summed E-state index contributed by atoms with van der Waals surface area (Å²) in [7, 11) is 0. The van der Waals surface area contributed by atoms with Crippen molar-refractivity contribution >= 4 is 23.5 Å². The fraction of sp³-hybridized carbons (Fsp3) is 0.222. The van der Waals surface area contributed by atoms with Gasteiger partial charge in [-0.3, -0.25) is 4.79 Å². The van der Waals surface area contributed by atoms with Gasteiger partial charge < -0.3 is 14.8 Å². The second-order valence-electron chi connectivity index (χ2n) is 5.10. The lowest BCUT2D eigenvalue weighted by atomic mass is 10.1. The molecule has 126 valence electrons. The predicted molar refractivity (Wildman–Crippen MR) is 90.9 cm³/mol. The molecule has 0 heterocycles. The van der Waals surface area contributed by atoms with Gasteiger partial charge in [-0.1, -0.05) is 41.9 Å². The van der Waals surface area contributed by atoms with Gasteiger partial charge in [0.2, 0.25) is 0 Å². The quantitative estimate of drug-likeness (QED) is 0.781. The molecule has 5 nitrogen and oxygen atoms in total. The predicted octanol–water partition coefficient (Wildman–Crippen LogP) is 3.14. The third-order valence-electron chi connectivity index (χ3n) is 3.21. The van der Waals surface area contributed by atoms with Crippen LogP contribution in [0.25, 0.3) is 0 Å². The summed E-state index contributed by atoms with van der Waals surface area (Å²) in [6, 6.07) is 15.8. The number of hydrogen-bond donors (Lipinski definition) is 1. The molecule has 0 aliphatic carbocycles. The van der Waals surface area contributed by atoms with Crippen LogP contribution in [0.1, 0.15) is 18.5 Å². The Bertz CT molecular complexity index is 673. The van der Waals surface area contributed by atoms with E-state index < -0.39 is 5.97 Å². The van der Waals surface area contributed by atoms with Gasteiger partial charge in [-0.05, 0) is 36.8 Å². The first-order chi connectivity index (χ1) is 11.5. The van der Waals surface area contributed by atoms with Crippen LogP contribution in [0.2, 0.25) is 5.02 Å². The third kappa shape index (κ3) is 5.93. The first kappa shape index (κ1) is 17.8. The summed E-state index contributed by atoms with van der Waals surface area (Å²) >= 11 is 5.82. The van der Waals surface area contributed by atoms with E-state index in [0.717, 1.165) is 5.56 Å². The molecule has 1 amide bonds. The zero-order chi connectivity index (χ0) is 17.4. The SMILES string of the molecule is C[C@@H](NC(=O)COC(=O)COc1ccccc1)c1ccc(Cl)cc1. The summed E-state index contributed by atoms with van der Waals surface area (Å²) in [6.45, 7) is 1.24. The molecule has 0 fully saturated rings. The van der Waals surface area contributed by atoms with Crippen LogP contribution in [0.4, 0.5) is 0 Å². The molecule has 6 heteroatoms. The minimum absolute atomic E-state index is 0.214. The molecule has 0 aromatic heterocycles. The third-order valence-corrected chi connectivity index (χ3v) is 3.46. The lowest BCUT2D eigenvalue weighted by molar-refractivity contribution is -0.150. The number of carbonyl (C=O) groups excluding carboxylic acids is 2. The molecule has 0 saturated carbocycles. The van der Waals surface area contributed by atoms with Gasteiger partial charge in [0.15, 0.2) is 13.2 Å². The van der Waals surface area contributed by atoms with E-state index in [1.54, 1.807) is 36.4 Å². The van der Waals surface area contributed by atoms with E-state index in [2.05, 4.69) is 5.32 Å². The first-order valence-electron chi connectivity index (χ1n) is 7.43. The lowest BCUT2D eigenvalue weighted by Gasteiger charge is -2.14. The van der Waals surface area contributed by atoms with Crippen molar-refractivity contribution in [2.75, 3.05) is 13.2 Å². The topological polar surface area (TPSA) is 64.6 Å². The monoisotopic (exact) mass is 347 g/mol. The second-order valence-corrected chi connectivity index (χ2v) is 5.54. The number of nitrogens with one attached hydrogen (secondary N) is 1. The van der Waals surface area contributed by atoms with E-state index in [0.29, 0.717) is 10.8 Å². The van der Waals surface area contributed by atoms with Crippen LogP contribution in [0.15, 0.2) is 54.6 Å². The average molecular weight is 348 g/mol. The molecule has 1 N–H and O–H groups in total. The zero-order valence-electron chi connectivity index (χ0n) is 13.2. The minimum atomic E-state index is -0.604. The Morgan fingerprint density at radius 1 is 1.04 bits per heavy atom. The molecule has 24 heavy (non-hydrogen) atoms. The van der Waals surface area contributed by atoms with Crippen molar-refractivity contribution in [3.63, 3.8) is 0 Å². The molecule has 2 rings (SSSR count). The fourth-order valence-corrected chi connectivity index (χ4v) is 2.09. The van der Waals surface area contributed by atoms with Crippen molar-refractivity contribution in [3.05, 3.63) is 65.2 Å². The van der Waals surface area contributed by atoms with Crippen molar-refractivity contribution < 1.29 is 19.1 Å². The molecule has 0 bridgehead atoms. The minimum Gasteiger partial charge on any atom is -0.482 e. The van der Waals surface area contributed by atoms with Crippen molar-refractivity contribution in [1.29, 1.82) is 0 Å². The molecule has 0 aliphatic rings. The maximum atomic E-state index is 11.8. The number of ether oxygens (including phenoxy) is 2. The highest BCUT2D eigenvalue weighted by molar-refractivity contribution is 6.30. The highest BCUT2D eigenvalue weighted by Crippen LogP contribution is 2.15. The average Bonchev–Trinajstić information content (AvgIpc) is 2.59. The zero-order valence-corrected chi connectivity index (χ0v) is 14.0. The van der Waals surface area contributed by atoms with Crippen LogP contribution in [0.3, 0.4) is 0 Å². The van der Waals surface area contributed by atoms with E-state index >= 15 is 0 Å². The summed E-state index contributed by atoms with van der Waals surface area (Å²) in [5.74, 6) is -0.422. The standard InChI is InChI=1S/C18H18ClNO4/c1-13(14-7-9-15(19)10-8-14)20-17(21)11-24-18(22)12-23-16-5-3-2-4-6-16/h2-10,13H,11-12H2,1H3,(H,20,21)/t13-/m1/s1. The molecule has 0 unspecified atom stereocenters. The summed E-state index contributed by atoms with van der Waals surface area (Å²) < 4.78 is 10.1. The fourth-order valence-electron chi connectivity index (χ4n) is 1.96. The molecule has 0 aliphatic heterocycles. The normalized spacial score (nSPS) is 11.4. The first-order valence-corrected chi connectivity index (χ1v) is 7.80. The Kier molecular flexibility index (Phi) is 6.63. The largest absolute Gasteiger partial charge is 0.482 e. The Morgan fingerprint density at radius 3 is 2.38 bits per heavy atom. The Hall–Kier alpha value is -2.53. The number of hydrogen-bond acceptors (Lipinski definition) is 4. The molecule has 0 radical (unpaired) electrons. The van der Waals surface area contributed by atoms with Crippen molar-refractivity contribution in [3.8, 4) is 5.75 Å². The van der Waals surface area contributed by atoms with E-state index in [1.807, 2.05) is 25.1 Å². The molecule has 1 atom stereocenters. The summed E-state index contributed by atoms with van der Waals surface area (Å²) in [5, 5.41) is 3.37. The van der Waals surface area contributed by atoms with Gasteiger partial charge >= 0.3 is 5.97 Å². The molecular formula is C18H18ClNO4. The van der Waals surface area contributed by atoms with E-state index in [-0.39, 0.29) is 25.2 Å². The van der Waals surface area contributed by atoms with Gasteiger partial charge in [0.1, 0.15) is 5.75 Å². The number of carbonyl (C=O) groups is 2. The van der Waals surface area contributed by atoms with Gasteiger partial charge in [-0.15, -0.1) is 0 Å². The second kappa shape index (κ2) is 8.93. The van der Waals surface area contributed by atoms with E-state index in [1.165, 1.54) is 0 Å². The highest BCUT2D eigenvalue weighted by Gasteiger charge is 2.12. The Balaban J connectivity index is 1.70. The maximum Gasteiger partial charge on any atom is 0.344 e. The number of esters is 1. The number of halogens is 1. The van der Waals surface area contributed by atoms with Crippen LogP contribution in [0.5, 0.6) is 5.75 Å². The van der Waals surface area contributed by atoms with Gasteiger partial charge in [0.25, 0.3) is 5.91 Å². The van der Waals surface area contributed by atoms with E-state index in [4.69, 9.17) is 21.1 Å². The van der Waals surface area contributed by atoms with Crippen LogP contribution < -0.4 is 10.1 Å². The van der Waals surface area contributed by atoms with Gasteiger partial charge in [-0.2, -0.15) is 0 Å². The molecule has 0 spiro atoms. The summed E-state index contributed by atoms with van der Waals surface area (Å²) in [5.41, 5.74) is 0.909. The van der Waals surface area contributed by atoms with Crippen LogP contribution in [-0.2, 0) is 14.3 Å². The van der Waals surface area contributed by atoms with Crippen LogP contribution in [-0.4, -0.2) is 25.1 Å². The molecule has 0 saturated heterocycles. The maximum absolute atomic E-state index is 11.8. The Labute approximate surface area is 145 Å². The summed E-state index contributed by atoms with van der Waals surface area (Å²) in [6.07, 6.45) is 0. The number of para-hydroxylation sites is 1. The highest BCUT2D eigenvalue weighted by atomic mass is 35.5. The number of amides is 1. The van der Waals surface area contributed by atoms with Gasteiger partial charge in [-0.25, -0.2) is 4.79 Å². The van der Waals surface area contributed by atoms with Gasteiger partial charge in [0, 0.05) is 5.02 Å². The number of rotatable bonds is 7. The Morgan fingerprint density at radius 2 is 1.71 bits per heavy atom. The molecule has 2 aromatic carbocycles. The van der Waals surface area contributed by atoms with Gasteiger partial charge in [0.05, 0.1) is 6.04 Å². The molecule has 2 aromatic rings. The smallest absolute Gasteiger partial charge is 0.344 e. The number of benzene rings is 2. The van der Waals surface area contributed by atoms with Crippen molar-refractivity contribution in [1.82, 2.24) is 5.32 Å². The molecular weight excluding hydrogens is 330 g/mol. The van der Waals surface area contributed by atoms with Crippen molar-refractivity contribution in [2.45, 2.75) is 13.0 Å². The lowest BCUT2D eigenvalue weighted by Crippen LogP contribution is -2.31. The van der Waals surface area contributed by atoms with E-state index in [9.17, 15) is 9.59 Å². The van der Waals surface area contributed by atoms with Crippen molar-refractivity contribution in [2.24, 2.45) is 0 Å².